The van der Waals surface area contributed by atoms with Crippen molar-refractivity contribution in [1.29, 1.82) is 0 Å². The molecule has 2 aromatic carbocycles. The van der Waals surface area contributed by atoms with Crippen LogP contribution in [0.2, 0.25) is 0 Å². The fourth-order valence-electron chi connectivity index (χ4n) is 4.36. The predicted molar refractivity (Wildman–Crippen MR) is 113 cm³/mol. The molecule has 1 amide bonds. The molecule has 5 rings (SSSR count). The summed E-state index contributed by atoms with van der Waals surface area (Å²) < 4.78 is 5.14. The zero-order valence-electron chi connectivity index (χ0n) is 16.8. The molecule has 0 radical (unpaired) electrons. The number of amides is 1. The Morgan fingerprint density at radius 3 is 2.45 bits per heavy atom. The number of ether oxygens (including phenoxy) is 1. The summed E-state index contributed by atoms with van der Waals surface area (Å²) in [5.74, 6) is 0.798. The monoisotopic (exact) mass is 410 g/mol. The molecular weight excluding hydrogens is 384 g/mol. The molecule has 2 bridgehead atoms. The van der Waals surface area contributed by atoms with Gasteiger partial charge in [-0.15, -0.1) is 0 Å². The van der Waals surface area contributed by atoms with Gasteiger partial charge in [0, 0.05) is 34.4 Å². The van der Waals surface area contributed by atoms with Crippen molar-refractivity contribution >= 4 is 23.6 Å². The van der Waals surface area contributed by atoms with E-state index in [-0.39, 0.29) is 17.9 Å². The largest absolute Gasteiger partial charge is 0.427 e. The van der Waals surface area contributed by atoms with Crippen molar-refractivity contribution in [1.82, 2.24) is 10.2 Å². The van der Waals surface area contributed by atoms with Gasteiger partial charge in [0.2, 0.25) is 0 Å². The quantitative estimate of drug-likeness (QED) is 0.597. The third kappa shape index (κ3) is 4.65. The van der Waals surface area contributed by atoms with Gasteiger partial charge in [0.25, 0.3) is 5.91 Å². The van der Waals surface area contributed by atoms with E-state index in [0.29, 0.717) is 23.3 Å². The molecule has 6 heteroatoms. The van der Waals surface area contributed by atoms with Crippen LogP contribution in [0, 0.1) is 5.92 Å². The fraction of sp³-hybridized carbons (Fsp3) is 0.391. The molecule has 0 aromatic heterocycles. The minimum atomic E-state index is -0.333. The van der Waals surface area contributed by atoms with E-state index in [4.69, 9.17) is 4.74 Å². The zero-order valence-corrected chi connectivity index (χ0v) is 17.6. The van der Waals surface area contributed by atoms with Gasteiger partial charge >= 0.3 is 5.97 Å². The topological polar surface area (TPSA) is 58.6 Å². The van der Waals surface area contributed by atoms with Crippen LogP contribution in [0.5, 0.6) is 5.75 Å². The molecule has 152 valence electrons. The Morgan fingerprint density at radius 1 is 1.07 bits per heavy atom. The molecule has 3 aliphatic rings. The first-order chi connectivity index (χ1) is 14.0. The van der Waals surface area contributed by atoms with Gasteiger partial charge in [-0.2, -0.15) is 0 Å². The maximum Gasteiger partial charge on any atom is 0.308 e. The first-order valence-corrected chi connectivity index (χ1v) is 10.9. The van der Waals surface area contributed by atoms with Crippen LogP contribution < -0.4 is 10.1 Å². The average molecular weight is 411 g/mol. The lowest BCUT2D eigenvalue weighted by molar-refractivity contribution is -0.131. The highest BCUT2D eigenvalue weighted by Gasteiger charge is 2.40. The van der Waals surface area contributed by atoms with Crippen LogP contribution >= 0.6 is 11.8 Å². The maximum atomic E-state index is 12.8. The average Bonchev–Trinajstić information content (AvgIpc) is 2.71. The summed E-state index contributed by atoms with van der Waals surface area (Å²) in [6.45, 7) is 5.92. The van der Waals surface area contributed by atoms with E-state index >= 15 is 0 Å². The molecule has 3 fully saturated rings. The van der Waals surface area contributed by atoms with Gasteiger partial charge in [0.15, 0.2) is 0 Å². The third-order valence-electron chi connectivity index (χ3n) is 5.89. The van der Waals surface area contributed by atoms with Gasteiger partial charge in [0.1, 0.15) is 5.75 Å². The molecule has 5 nitrogen and oxygen atoms in total. The van der Waals surface area contributed by atoms with Crippen LogP contribution in [0.3, 0.4) is 0 Å². The Hall–Kier alpha value is -2.31. The molecule has 2 atom stereocenters. The number of rotatable bonds is 5. The van der Waals surface area contributed by atoms with Gasteiger partial charge in [-0.25, -0.2) is 0 Å². The molecular formula is C23H26N2O3S. The van der Waals surface area contributed by atoms with E-state index in [1.807, 2.05) is 42.5 Å². The Morgan fingerprint density at radius 2 is 1.79 bits per heavy atom. The number of nitrogens with zero attached hydrogens (tertiary/aromatic N) is 1. The zero-order chi connectivity index (χ0) is 20.4. The van der Waals surface area contributed by atoms with E-state index in [1.54, 1.807) is 17.8 Å². The van der Waals surface area contributed by atoms with Gasteiger partial charge < -0.3 is 10.1 Å². The molecule has 29 heavy (non-hydrogen) atoms. The van der Waals surface area contributed by atoms with Crippen LogP contribution in [0.1, 0.15) is 37.0 Å². The molecule has 0 saturated carbocycles. The van der Waals surface area contributed by atoms with E-state index in [1.165, 1.54) is 19.8 Å². The lowest BCUT2D eigenvalue weighted by Gasteiger charge is -2.49. The third-order valence-corrected chi connectivity index (χ3v) is 6.89. The summed E-state index contributed by atoms with van der Waals surface area (Å²) in [4.78, 5) is 28.4. The number of hydrogen-bond acceptors (Lipinski definition) is 5. The molecule has 1 N–H and O–H groups in total. The van der Waals surface area contributed by atoms with Crippen molar-refractivity contribution < 1.29 is 14.3 Å². The van der Waals surface area contributed by atoms with Crippen molar-refractivity contribution in [2.24, 2.45) is 5.92 Å². The van der Waals surface area contributed by atoms with Crippen molar-refractivity contribution in [3.05, 3.63) is 54.1 Å². The number of carbonyl (C=O) groups excluding carboxylic acids is 2. The molecule has 2 unspecified atom stereocenters. The second kappa shape index (κ2) is 8.59. The van der Waals surface area contributed by atoms with Crippen LogP contribution in [0.4, 0.5) is 0 Å². The van der Waals surface area contributed by atoms with Crippen molar-refractivity contribution in [3.8, 4) is 5.75 Å². The van der Waals surface area contributed by atoms with E-state index in [0.717, 1.165) is 22.9 Å². The number of nitrogens with one attached hydrogen (secondary N) is 1. The van der Waals surface area contributed by atoms with Gasteiger partial charge in [0.05, 0.1) is 0 Å². The number of esters is 1. The second-order valence-corrected chi connectivity index (χ2v) is 8.96. The van der Waals surface area contributed by atoms with Crippen LogP contribution in [-0.4, -0.2) is 41.9 Å². The Labute approximate surface area is 175 Å². The highest BCUT2D eigenvalue weighted by atomic mass is 32.2. The lowest BCUT2D eigenvalue weighted by Crippen LogP contribution is -2.62. The van der Waals surface area contributed by atoms with Crippen molar-refractivity contribution in [2.75, 3.05) is 13.1 Å². The van der Waals surface area contributed by atoms with E-state index in [9.17, 15) is 9.59 Å². The molecule has 2 aromatic rings. The number of hydrogen-bond donors (Lipinski definition) is 1. The smallest absolute Gasteiger partial charge is 0.308 e. The highest BCUT2D eigenvalue weighted by molar-refractivity contribution is 7.99. The van der Waals surface area contributed by atoms with Gasteiger partial charge in [-0.05, 0) is 81.2 Å². The highest BCUT2D eigenvalue weighted by Crippen LogP contribution is 2.33. The molecule has 3 heterocycles. The molecule has 3 saturated heterocycles. The van der Waals surface area contributed by atoms with E-state index in [2.05, 4.69) is 17.1 Å². The first kappa shape index (κ1) is 20.0. The van der Waals surface area contributed by atoms with Crippen LogP contribution in [-0.2, 0) is 4.79 Å². The molecule has 3 aliphatic heterocycles. The second-order valence-electron chi connectivity index (χ2n) is 7.81. The molecule has 0 spiro atoms. The minimum Gasteiger partial charge on any atom is -0.427 e. The summed E-state index contributed by atoms with van der Waals surface area (Å²) in [5, 5.41) is 3.28. The van der Waals surface area contributed by atoms with E-state index < -0.39 is 0 Å². The maximum absolute atomic E-state index is 12.8. The summed E-state index contributed by atoms with van der Waals surface area (Å²) in [6.07, 6.45) is 2.36. The fourth-order valence-corrected chi connectivity index (χ4v) is 5.22. The molecule has 0 aliphatic carbocycles. The summed E-state index contributed by atoms with van der Waals surface area (Å²) in [5.41, 5.74) is 0.687. The van der Waals surface area contributed by atoms with Crippen LogP contribution in [0.15, 0.2) is 58.3 Å². The van der Waals surface area contributed by atoms with Crippen molar-refractivity contribution in [3.63, 3.8) is 0 Å². The lowest BCUT2D eigenvalue weighted by atomic mass is 9.79. The SMILES string of the molecule is CC(=O)Oc1cccc(Sc2ccc(C(=O)NC3C4CCN(CC4)C3C)cc2)c1. The Kier molecular flexibility index (Phi) is 5.92. The summed E-state index contributed by atoms with van der Waals surface area (Å²) >= 11 is 1.57. The first-order valence-electron chi connectivity index (χ1n) is 10.1. The summed E-state index contributed by atoms with van der Waals surface area (Å²) in [6, 6.07) is 15.7. The minimum absolute atomic E-state index is 0.00371. The standard InChI is InChI=1S/C23H26N2O3S/c1-15-22(17-10-12-25(15)13-11-17)24-23(27)18-6-8-20(9-7-18)29-21-5-3-4-19(14-21)28-16(2)26/h3-9,14-15,17,22H,10-13H2,1-2H3,(H,24,27). The Balaban J connectivity index is 1.39. The number of benzene rings is 2. The summed E-state index contributed by atoms with van der Waals surface area (Å²) in [7, 11) is 0. The number of piperidine rings is 3. The van der Waals surface area contributed by atoms with Gasteiger partial charge in [-0.1, -0.05) is 17.8 Å². The number of carbonyl (C=O) groups is 2. The normalized spacial score (nSPS) is 25.4. The van der Waals surface area contributed by atoms with Gasteiger partial charge in [-0.3, -0.25) is 14.5 Å². The van der Waals surface area contributed by atoms with Crippen molar-refractivity contribution in [2.45, 2.75) is 48.6 Å². The Bertz CT molecular complexity index is 889. The number of fused-ring (bicyclic) bond motifs is 3. The van der Waals surface area contributed by atoms with Crippen LogP contribution in [0.25, 0.3) is 0 Å². The predicted octanol–water partition coefficient (Wildman–Crippen LogP) is 3.98.